The van der Waals surface area contributed by atoms with Crippen LogP contribution in [0.3, 0.4) is 0 Å². The number of fused-ring (bicyclic) bond motifs is 1. The average Bonchev–Trinajstić information content (AvgIpc) is 3.44. The molecule has 1 saturated heterocycles. The van der Waals surface area contributed by atoms with Gasteiger partial charge in [0.15, 0.2) is 17.7 Å². The monoisotopic (exact) mass is 526 g/mol. The molecule has 3 unspecified atom stereocenters. The quantitative estimate of drug-likeness (QED) is 0.235. The van der Waals surface area contributed by atoms with Crippen molar-refractivity contribution in [3.8, 4) is 0 Å². The summed E-state index contributed by atoms with van der Waals surface area (Å²) in [4.78, 5) is 26.6. The maximum atomic E-state index is 12.3. The third-order valence-electron chi connectivity index (χ3n) is 6.95. The molecule has 4 rings (SSSR count). The molecule has 12 nitrogen and oxygen atoms in total. The summed E-state index contributed by atoms with van der Waals surface area (Å²) in [7, 11) is 1.90. The number of aliphatic hydroxyl groups is 2. The lowest BCUT2D eigenvalue weighted by Gasteiger charge is -2.22. The highest BCUT2D eigenvalue weighted by molar-refractivity contribution is 5.89. The zero-order chi connectivity index (χ0) is 27.2. The molecule has 0 spiro atoms. The predicted molar refractivity (Wildman–Crippen MR) is 145 cm³/mol. The van der Waals surface area contributed by atoms with Crippen LogP contribution < -0.4 is 16.4 Å². The van der Waals surface area contributed by atoms with Gasteiger partial charge >= 0.3 is 6.03 Å². The van der Waals surface area contributed by atoms with Gasteiger partial charge in [-0.25, -0.2) is 19.7 Å². The number of hydrogen-bond acceptors (Lipinski definition) is 9. The first-order valence-electron chi connectivity index (χ1n) is 13.1. The summed E-state index contributed by atoms with van der Waals surface area (Å²) < 4.78 is 7.56. The lowest BCUT2D eigenvalue weighted by atomic mass is 9.96. The minimum atomic E-state index is -1.16. The number of benzene rings is 1. The highest BCUT2D eigenvalue weighted by atomic mass is 16.6. The van der Waals surface area contributed by atoms with Crippen molar-refractivity contribution in [1.29, 1.82) is 0 Å². The Labute approximate surface area is 222 Å². The molecule has 1 aromatic carbocycles. The number of aromatic nitrogens is 4. The van der Waals surface area contributed by atoms with Gasteiger partial charge < -0.3 is 36.2 Å². The van der Waals surface area contributed by atoms with Crippen LogP contribution in [-0.4, -0.2) is 85.7 Å². The largest absolute Gasteiger partial charge is 0.387 e. The van der Waals surface area contributed by atoms with Crippen LogP contribution in [0.5, 0.6) is 0 Å². The first kappa shape index (κ1) is 27.7. The highest BCUT2D eigenvalue weighted by Crippen LogP contribution is 2.32. The standard InChI is InChI=1S/C26H38N8O4/c1-4-6-16(2)17-7-9-18(10-8-17)32-26(37)28-11-5-12-33(3)13-19-21(35)22(36)25(38-19)34-15-31-20-23(27)29-14-30-24(20)34/h7-10,14-16,19,21-22,25,35-36H,4-6,11-13H2,1-3H3,(H2,27,29,30)(H2,28,32,37)/t16?,19?,21-,22-,25?/m1/s1. The molecule has 0 aliphatic carbocycles. The molecule has 206 valence electrons. The van der Waals surface area contributed by atoms with E-state index in [1.165, 1.54) is 18.2 Å². The maximum Gasteiger partial charge on any atom is 0.319 e. The summed E-state index contributed by atoms with van der Waals surface area (Å²) in [5.74, 6) is 0.736. The molecule has 5 atom stereocenters. The number of anilines is 2. The molecule has 6 N–H and O–H groups in total. The molecule has 3 aromatic rings. The van der Waals surface area contributed by atoms with E-state index >= 15 is 0 Å². The topological polar surface area (TPSA) is 164 Å². The van der Waals surface area contributed by atoms with Crippen molar-refractivity contribution in [2.24, 2.45) is 0 Å². The lowest BCUT2D eigenvalue weighted by molar-refractivity contribution is -0.0421. The van der Waals surface area contributed by atoms with Crippen molar-refractivity contribution in [3.63, 3.8) is 0 Å². The number of carbonyl (C=O) groups is 1. The number of nitrogens with one attached hydrogen (secondary N) is 2. The summed E-state index contributed by atoms with van der Waals surface area (Å²) in [6.45, 7) is 5.94. The zero-order valence-electron chi connectivity index (χ0n) is 22.1. The Hall–Kier alpha value is -3.32. The third-order valence-corrected chi connectivity index (χ3v) is 6.95. The Balaban J connectivity index is 1.20. The fourth-order valence-electron chi connectivity index (χ4n) is 4.79. The van der Waals surface area contributed by atoms with Crippen molar-refractivity contribution in [2.75, 3.05) is 37.7 Å². The van der Waals surface area contributed by atoms with Gasteiger partial charge in [0.05, 0.1) is 6.33 Å². The number of nitrogens with zero attached hydrogens (tertiary/aromatic N) is 5. The first-order chi connectivity index (χ1) is 18.3. The van der Waals surface area contributed by atoms with Gasteiger partial charge in [-0.2, -0.15) is 0 Å². The minimum Gasteiger partial charge on any atom is -0.387 e. The molecule has 1 aliphatic rings. The van der Waals surface area contributed by atoms with Crippen LogP contribution >= 0.6 is 0 Å². The van der Waals surface area contributed by atoms with E-state index in [-0.39, 0.29) is 11.8 Å². The summed E-state index contributed by atoms with van der Waals surface area (Å²) in [5, 5.41) is 27.0. The van der Waals surface area contributed by atoms with Crippen LogP contribution in [0, 0.1) is 0 Å². The number of ether oxygens (including phenoxy) is 1. The Morgan fingerprint density at radius 2 is 1.97 bits per heavy atom. The molecule has 0 bridgehead atoms. The number of aliphatic hydroxyl groups excluding tert-OH is 2. The molecule has 2 amide bonds. The van der Waals surface area contributed by atoms with Gasteiger partial charge in [0.2, 0.25) is 0 Å². The summed E-state index contributed by atoms with van der Waals surface area (Å²) in [6.07, 6.45) is 2.07. The molecular formula is C26H38N8O4. The number of nitrogen functional groups attached to an aromatic ring is 1. The molecule has 2 aromatic heterocycles. The average molecular weight is 527 g/mol. The number of urea groups is 1. The van der Waals surface area contributed by atoms with Crippen LogP contribution in [0.25, 0.3) is 11.2 Å². The van der Waals surface area contributed by atoms with Gasteiger partial charge in [0.1, 0.15) is 30.2 Å². The molecule has 1 fully saturated rings. The molecule has 0 saturated carbocycles. The summed E-state index contributed by atoms with van der Waals surface area (Å²) in [6, 6.07) is 7.73. The van der Waals surface area contributed by atoms with E-state index in [1.54, 1.807) is 4.57 Å². The maximum absolute atomic E-state index is 12.3. The molecular weight excluding hydrogens is 488 g/mol. The molecule has 38 heavy (non-hydrogen) atoms. The second-order valence-electron chi connectivity index (χ2n) is 9.94. The van der Waals surface area contributed by atoms with Crippen molar-refractivity contribution in [3.05, 3.63) is 42.5 Å². The number of rotatable bonds is 11. The van der Waals surface area contributed by atoms with Gasteiger partial charge in [-0.3, -0.25) is 4.57 Å². The van der Waals surface area contributed by atoms with Gasteiger partial charge in [-0.1, -0.05) is 32.4 Å². The Morgan fingerprint density at radius 1 is 1.21 bits per heavy atom. The fraction of sp³-hybridized carbons (Fsp3) is 0.538. The Morgan fingerprint density at radius 3 is 2.71 bits per heavy atom. The smallest absolute Gasteiger partial charge is 0.319 e. The minimum absolute atomic E-state index is 0.232. The van der Waals surface area contributed by atoms with Gasteiger partial charge in [-0.05, 0) is 50.0 Å². The van der Waals surface area contributed by atoms with Crippen molar-refractivity contribution >= 4 is 28.7 Å². The van der Waals surface area contributed by atoms with E-state index in [4.69, 9.17) is 10.5 Å². The van der Waals surface area contributed by atoms with Gasteiger partial charge in [0, 0.05) is 18.8 Å². The number of nitrogens with two attached hydrogens (primary N) is 1. The first-order valence-corrected chi connectivity index (χ1v) is 13.1. The van der Waals surface area contributed by atoms with Crippen LogP contribution in [0.4, 0.5) is 16.3 Å². The summed E-state index contributed by atoms with van der Waals surface area (Å²) >= 11 is 0. The van der Waals surface area contributed by atoms with Gasteiger partial charge in [-0.15, -0.1) is 0 Å². The lowest BCUT2D eigenvalue weighted by Crippen LogP contribution is -2.39. The van der Waals surface area contributed by atoms with Crippen LogP contribution in [0.15, 0.2) is 36.9 Å². The second-order valence-corrected chi connectivity index (χ2v) is 9.94. The van der Waals surface area contributed by atoms with E-state index in [0.717, 1.165) is 18.5 Å². The third kappa shape index (κ3) is 6.38. The second kappa shape index (κ2) is 12.5. The van der Waals surface area contributed by atoms with Crippen molar-refractivity contribution in [1.82, 2.24) is 29.7 Å². The zero-order valence-corrected chi connectivity index (χ0v) is 22.1. The predicted octanol–water partition coefficient (Wildman–Crippen LogP) is 2.07. The fourth-order valence-corrected chi connectivity index (χ4v) is 4.79. The van der Waals surface area contributed by atoms with Crippen LogP contribution in [-0.2, 0) is 4.74 Å². The van der Waals surface area contributed by atoms with Crippen LogP contribution in [0.2, 0.25) is 0 Å². The van der Waals surface area contributed by atoms with Crippen LogP contribution in [0.1, 0.15) is 50.8 Å². The van der Waals surface area contributed by atoms with E-state index in [0.29, 0.717) is 43.1 Å². The van der Waals surface area contributed by atoms with E-state index in [2.05, 4.69) is 51.6 Å². The molecule has 12 heteroatoms. The SMILES string of the molecule is CCCC(C)c1ccc(NC(=O)NCCCN(C)CC2OC(n3cnc4c(N)ncnc43)[C@H](O)[C@@H]2O)cc1. The normalized spacial score (nSPS) is 22.2. The molecule has 1 aliphatic heterocycles. The van der Waals surface area contributed by atoms with Gasteiger partial charge in [0.25, 0.3) is 0 Å². The van der Waals surface area contributed by atoms with E-state index in [9.17, 15) is 15.0 Å². The Bertz CT molecular complexity index is 1200. The molecule has 3 heterocycles. The van der Waals surface area contributed by atoms with E-state index in [1.807, 2.05) is 24.1 Å². The van der Waals surface area contributed by atoms with Crippen molar-refractivity contribution < 1.29 is 19.7 Å². The number of likely N-dealkylation sites (N-methyl/N-ethyl adjacent to an activating group) is 1. The number of imidazole rings is 1. The number of carbonyl (C=O) groups excluding carboxylic acids is 1. The Kier molecular flexibility index (Phi) is 9.10. The highest BCUT2D eigenvalue weighted by Gasteiger charge is 2.44. The molecule has 0 radical (unpaired) electrons. The van der Waals surface area contributed by atoms with E-state index < -0.39 is 24.5 Å². The van der Waals surface area contributed by atoms with Crippen molar-refractivity contribution in [2.45, 2.75) is 63.6 Å². The summed E-state index contributed by atoms with van der Waals surface area (Å²) in [5.41, 5.74) is 8.71. The number of amides is 2. The number of hydrogen-bond donors (Lipinski definition) is 5.